The van der Waals surface area contributed by atoms with E-state index in [1.165, 1.54) is 22.4 Å². The molecule has 0 fully saturated rings. The number of nitrogens with zero attached hydrogens (tertiary/aromatic N) is 1. The van der Waals surface area contributed by atoms with Gasteiger partial charge in [-0.25, -0.2) is 0 Å². The Bertz CT molecular complexity index is 585. The molecule has 0 unspecified atom stereocenters. The summed E-state index contributed by atoms with van der Waals surface area (Å²) in [7, 11) is 4.11. The van der Waals surface area contributed by atoms with Gasteiger partial charge in [0.15, 0.2) is 0 Å². The molecule has 0 bridgehead atoms. The largest absolute Gasteiger partial charge is 0.377 e. The van der Waals surface area contributed by atoms with Crippen LogP contribution in [-0.4, -0.2) is 19.9 Å². The number of benzene rings is 2. The van der Waals surface area contributed by atoms with Crippen molar-refractivity contribution < 1.29 is 4.79 Å². The lowest BCUT2D eigenvalue weighted by Crippen LogP contribution is -2.09. The Morgan fingerprint density at radius 1 is 1.00 bits per heavy atom. The first kappa shape index (κ1) is 14.3. The maximum Gasteiger partial charge on any atom is 0.130 e. The SMILES string of the molecule is CC(=O)CCc1ccc(-c2ccccc2N(C)C)cc1. The second-order valence-corrected chi connectivity index (χ2v) is 5.31. The van der Waals surface area contributed by atoms with Crippen molar-refractivity contribution in [3.05, 3.63) is 54.1 Å². The Morgan fingerprint density at radius 2 is 1.65 bits per heavy atom. The van der Waals surface area contributed by atoms with Gasteiger partial charge in [-0.2, -0.15) is 0 Å². The van der Waals surface area contributed by atoms with Crippen LogP contribution in [0.4, 0.5) is 5.69 Å². The number of ketones is 1. The highest BCUT2D eigenvalue weighted by atomic mass is 16.1. The zero-order valence-electron chi connectivity index (χ0n) is 12.4. The van der Waals surface area contributed by atoms with E-state index < -0.39 is 0 Å². The van der Waals surface area contributed by atoms with E-state index in [0.29, 0.717) is 6.42 Å². The Labute approximate surface area is 121 Å². The molecule has 2 nitrogen and oxygen atoms in total. The van der Waals surface area contributed by atoms with E-state index >= 15 is 0 Å². The molecule has 2 heteroatoms. The van der Waals surface area contributed by atoms with E-state index in [2.05, 4.69) is 67.5 Å². The van der Waals surface area contributed by atoms with Gasteiger partial charge in [-0.05, 0) is 30.5 Å². The van der Waals surface area contributed by atoms with Gasteiger partial charge in [0.1, 0.15) is 5.78 Å². The molecule has 0 saturated heterocycles. The minimum absolute atomic E-state index is 0.243. The molecule has 0 aromatic heterocycles. The third kappa shape index (κ3) is 3.47. The molecule has 0 amide bonds. The third-order valence-electron chi connectivity index (χ3n) is 3.42. The second kappa shape index (κ2) is 6.38. The number of carbonyl (C=O) groups is 1. The topological polar surface area (TPSA) is 20.3 Å². The number of para-hydroxylation sites is 1. The van der Waals surface area contributed by atoms with E-state index in [9.17, 15) is 4.79 Å². The number of Topliss-reactive ketones (excluding diaryl/α,β-unsaturated/α-hetero) is 1. The first-order chi connectivity index (χ1) is 9.58. The highest BCUT2D eigenvalue weighted by Gasteiger charge is 2.06. The van der Waals surface area contributed by atoms with Crippen LogP contribution in [0.1, 0.15) is 18.9 Å². The predicted molar refractivity (Wildman–Crippen MR) is 85.2 cm³/mol. The predicted octanol–water partition coefficient (Wildman–Crippen LogP) is 3.94. The number of anilines is 1. The van der Waals surface area contributed by atoms with Gasteiger partial charge in [0.05, 0.1) is 0 Å². The number of hydrogen-bond acceptors (Lipinski definition) is 2. The van der Waals surface area contributed by atoms with Gasteiger partial charge in [-0.15, -0.1) is 0 Å². The molecule has 0 saturated carbocycles. The molecule has 2 aromatic carbocycles. The zero-order chi connectivity index (χ0) is 14.5. The van der Waals surface area contributed by atoms with Gasteiger partial charge in [0.2, 0.25) is 0 Å². The molecule has 0 radical (unpaired) electrons. The van der Waals surface area contributed by atoms with Crippen LogP contribution >= 0.6 is 0 Å². The summed E-state index contributed by atoms with van der Waals surface area (Å²) in [5.74, 6) is 0.243. The molecule has 0 aliphatic heterocycles. The summed E-state index contributed by atoms with van der Waals surface area (Å²) >= 11 is 0. The minimum Gasteiger partial charge on any atom is -0.377 e. The highest BCUT2D eigenvalue weighted by Crippen LogP contribution is 2.29. The van der Waals surface area contributed by atoms with Crippen LogP contribution in [0.25, 0.3) is 11.1 Å². The summed E-state index contributed by atoms with van der Waals surface area (Å²) in [5, 5.41) is 0. The van der Waals surface area contributed by atoms with Gasteiger partial charge in [-0.1, -0.05) is 42.5 Å². The fraction of sp³-hybridized carbons (Fsp3) is 0.278. The van der Waals surface area contributed by atoms with Crippen molar-refractivity contribution in [2.24, 2.45) is 0 Å². The van der Waals surface area contributed by atoms with Crippen LogP contribution in [0, 0.1) is 0 Å². The number of carbonyl (C=O) groups excluding carboxylic acids is 1. The number of hydrogen-bond donors (Lipinski definition) is 0. The molecule has 0 heterocycles. The van der Waals surface area contributed by atoms with Gasteiger partial charge >= 0.3 is 0 Å². The van der Waals surface area contributed by atoms with Crippen molar-refractivity contribution in [1.82, 2.24) is 0 Å². The quantitative estimate of drug-likeness (QED) is 0.817. The van der Waals surface area contributed by atoms with Crippen molar-refractivity contribution in [1.29, 1.82) is 0 Å². The van der Waals surface area contributed by atoms with Crippen molar-refractivity contribution >= 4 is 11.5 Å². The summed E-state index contributed by atoms with van der Waals surface area (Å²) < 4.78 is 0. The van der Waals surface area contributed by atoms with Crippen LogP contribution in [0.2, 0.25) is 0 Å². The minimum atomic E-state index is 0.243. The van der Waals surface area contributed by atoms with Crippen LogP contribution in [-0.2, 0) is 11.2 Å². The summed E-state index contributed by atoms with van der Waals surface area (Å²) in [6.45, 7) is 1.64. The molecule has 0 aliphatic carbocycles. The van der Waals surface area contributed by atoms with Crippen molar-refractivity contribution in [2.75, 3.05) is 19.0 Å². The van der Waals surface area contributed by atoms with Gasteiger partial charge < -0.3 is 9.69 Å². The molecule has 20 heavy (non-hydrogen) atoms. The lowest BCUT2D eigenvalue weighted by atomic mass is 10.00. The maximum atomic E-state index is 11.0. The molecule has 104 valence electrons. The smallest absolute Gasteiger partial charge is 0.130 e. The second-order valence-electron chi connectivity index (χ2n) is 5.31. The van der Waals surface area contributed by atoms with E-state index in [1.54, 1.807) is 6.92 Å². The van der Waals surface area contributed by atoms with E-state index in [4.69, 9.17) is 0 Å². The zero-order valence-corrected chi connectivity index (χ0v) is 12.4. The molecular weight excluding hydrogens is 246 g/mol. The van der Waals surface area contributed by atoms with E-state index in [1.807, 2.05) is 0 Å². The van der Waals surface area contributed by atoms with E-state index in [0.717, 1.165) is 6.42 Å². The molecule has 2 aromatic rings. The van der Waals surface area contributed by atoms with Crippen LogP contribution < -0.4 is 4.90 Å². The third-order valence-corrected chi connectivity index (χ3v) is 3.42. The summed E-state index contributed by atoms with van der Waals surface area (Å²) in [6, 6.07) is 16.9. The number of rotatable bonds is 5. The van der Waals surface area contributed by atoms with Crippen molar-refractivity contribution in [2.45, 2.75) is 19.8 Å². The molecule has 0 atom stereocenters. The summed E-state index contributed by atoms with van der Waals surface area (Å²) in [5.41, 5.74) is 4.87. The number of aryl methyl sites for hydroxylation is 1. The Balaban J connectivity index is 2.24. The Morgan fingerprint density at radius 3 is 2.25 bits per heavy atom. The molecule has 0 spiro atoms. The summed E-state index contributed by atoms with van der Waals surface area (Å²) in [4.78, 5) is 13.1. The van der Waals surface area contributed by atoms with Crippen LogP contribution in [0.3, 0.4) is 0 Å². The van der Waals surface area contributed by atoms with Gasteiger partial charge in [0, 0.05) is 31.8 Å². The van der Waals surface area contributed by atoms with E-state index in [-0.39, 0.29) is 5.78 Å². The normalized spacial score (nSPS) is 10.3. The molecule has 0 N–H and O–H groups in total. The Kier molecular flexibility index (Phi) is 4.57. The maximum absolute atomic E-state index is 11.0. The Hall–Kier alpha value is -2.09. The average molecular weight is 267 g/mol. The van der Waals surface area contributed by atoms with Crippen molar-refractivity contribution in [3.8, 4) is 11.1 Å². The van der Waals surface area contributed by atoms with Crippen molar-refractivity contribution in [3.63, 3.8) is 0 Å². The van der Waals surface area contributed by atoms with Gasteiger partial charge in [-0.3, -0.25) is 0 Å². The fourth-order valence-corrected chi connectivity index (χ4v) is 2.28. The average Bonchev–Trinajstić information content (AvgIpc) is 2.45. The first-order valence-electron chi connectivity index (χ1n) is 6.93. The van der Waals surface area contributed by atoms with Gasteiger partial charge in [0.25, 0.3) is 0 Å². The van der Waals surface area contributed by atoms with Crippen LogP contribution in [0.5, 0.6) is 0 Å². The van der Waals surface area contributed by atoms with Crippen LogP contribution in [0.15, 0.2) is 48.5 Å². The lowest BCUT2D eigenvalue weighted by molar-refractivity contribution is -0.116. The monoisotopic (exact) mass is 267 g/mol. The molecule has 2 rings (SSSR count). The first-order valence-corrected chi connectivity index (χ1v) is 6.93. The standard InChI is InChI=1S/C18H21NO/c1-14(20)8-9-15-10-12-16(13-11-15)17-6-4-5-7-18(17)19(2)3/h4-7,10-13H,8-9H2,1-3H3. The summed E-state index contributed by atoms with van der Waals surface area (Å²) in [6.07, 6.45) is 1.44. The highest BCUT2D eigenvalue weighted by molar-refractivity contribution is 5.78. The molecular formula is C18H21NO. The fourth-order valence-electron chi connectivity index (χ4n) is 2.28. The lowest BCUT2D eigenvalue weighted by Gasteiger charge is -2.17. The molecule has 0 aliphatic rings.